The standard InChI is InChI=1S/C16H24N2O3Si/c1-16(2,3)22(4,5)21-9-7-12-10-13(18(19)20)11-15-14(12)6-8-17-15/h6,8,10-11,17H,7,9H2,1-5H3. The Kier molecular flexibility index (Phi) is 4.44. The molecule has 6 heteroatoms. The first-order chi connectivity index (χ1) is 10.1. The van der Waals surface area contributed by atoms with Crippen LogP contribution in [-0.2, 0) is 10.8 Å². The van der Waals surface area contributed by atoms with Crippen LogP contribution in [0.1, 0.15) is 26.3 Å². The third-order valence-electron chi connectivity index (χ3n) is 4.59. The molecule has 0 bridgehead atoms. The zero-order valence-corrected chi connectivity index (χ0v) is 14.9. The Labute approximate surface area is 132 Å². The average Bonchev–Trinajstić information content (AvgIpc) is 2.85. The molecule has 0 fully saturated rings. The summed E-state index contributed by atoms with van der Waals surface area (Å²) >= 11 is 0. The summed E-state index contributed by atoms with van der Waals surface area (Å²) in [6.07, 6.45) is 2.50. The summed E-state index contributed by atoms with van der Waals surface area (Å²) in [6, 6.07) is 5.19. The number of nitrogens with zero attached hydrogens (tertiary/aromatic N) is 1. The van der Waals surface area contributed by atoms with Gasteiger partial charge >= 0.3 is 0 Å². The summed E-state index contributed by atoms with van der Waals surface area (Å²) < 4.78 is 6.18. The zero-order chi connectivity index (χ0) is 16.5. The number of fused-ring (bicyclic) bond motifs is 1. The molecule has 1 N–H and O–H groups in total. The van der Waals surface area contributed by atoms with Crippen molar-refractivity contribution in [3.8, 4) is 0 Å². The van der Waals surface area contributed by atoms with E-state index < -0.39 is 8.32 Å². The summed E-state index contributed by atoms with van der Waals surface area (Å²) in [6.45, 7) is 11.6. The monoisotopic (exact) mass is 320 g/mol. The lowest BCUT2D eigenvalue weighted by molar-refractivity contribution is -0.384. The minimum absolute atomic E-state index is 0.122. The van der Waals surface area contributed by atoms with E-state index in [1.165, 1.54) is 0 Å². The number of aromatic nitrogens is 1. The third kappa shape index (κ3) is 3.39. The topological polar surface area (TPSA) is 68.2 Å². The number of rotatable bonds is 5. The molecule has 0 amide bonds. The van der Waals surface area contributed by atoms with E-state index in [1.807, 2.05) is 12.3 Å². The first-order valence-electron chi connectivity index (χ1n) is 7.50. The fourth-order valence-corrected chi connectivity index (χ4v) is 3.22. The van der Waals surface area contributed by atoms with Gasteiger partial charge in [-0.2, -0.15) is 0 Å². The number of hydrogen-bond acceptors (Lipinski definition) is 3. The van der Waals surface area contributed by atoms with Crippen molar-refractivity contribution in [1.82, 2.24) is 4.98 Å². The molecule has 0 saturated carbocycles. The second-order valence-electron chi connectivity index (χ2n) is 7.16. The van der Waals surface area contributed by atoms with E-state index in [9.17, 15) is 10.1 Å². The Morgan fingerprint density at radius 3 is 2.59 bits per heavy atom. The van der Waals surface area contributed by atoms with Crippen molar-refractivity contribution < 1.29 is 9.35 Å². The molecule has 2 rings (SSSR count). The Morgan fingerprint density at radius 1 is 1.32 bits per heavy atom. The lowest BCUT2D eigenvalue weighted by Crippen LogP contribution is -2.41. The highest BCUT2D eigenvalue weighted by Gasteiger charge is 2.36. The van der Waals surface area contributed by atoms with Gasteiger partial charge < -0.3 is 9.41 Å². The maximum Gasteiger partial charge on any atom is 0.271 e. The lowest BCUT2D eigenvalue weighted by Gasteiger charge is -2.36. The van der Waals surface area contributed by atoms with Gasteiger partial charge in [0, 0.05) is 30.3 Å². The van der Waals surface area contributed by atoms with Crippen LogP contribution in [0.5, 0.6) is 0 Å². The second kappa shape index (κ2) is 5.85. The Bertz CT molecular complexity index is 686. The molecule has 0 aliphatic heterocycles. The molecule has 0 radical (unpaired) electrons. The fourth-order valence-electron chi connectivity index (χ4n) is 2.17. The van der Waals surface area contributed by atoms with E-state index in [0.717, 1.165) is 16.5 Å². The summed E-state index contributed by atoms with van der Waals surface area (Å²) in [5.41, 5.74) is 1.89. The zero-order valence-electron chi connectivity index (χ0n) is 13.9. The molecule has 0 aliphatic rings. The van der Waals surface area contributed by atoms with Crippen molar-refractivity contribution in [3.05, 3.63) is 40.1 Å². The quantitative estimate of drug-likeness (QED) is 0.495. The van der Waals surface area contributed by atoms with Crippen LogP contribution in [0.4, 0.5) is 5.69 Å². The van der Waals surface area contributed by atoms with Gasteiger partial charge in [0.15, 0.2) is 8.32 Å². The molecule has 0 unspecified atom stereocenters. The molecular weight excluding hydrogens is 296 g/mol. The maximum absolute atomic E-state index is 11.1. The normalized spacial score (nSPS) is 12.8. The number of nitro groups is 1. The molecule has 0 aliphatic carbocycles. The highest BCUT2D eigenvalue weighted by molar-refractivity contribution is 6.74. The summed E-state index contributed by atoms with van der Waals surface area (Å²) in [5, 5.41) is 12.2. The van der Waals surface area contributed by atoms with E-state index in [-0.39, 0.29) is 15.6 Å². The molecule has 120 valence electrons. The highest BCUT2D eigenvalue weighted by Crippen LogP contribution is 2.36. The predicted molar refractivity (Wildman–Crippen MR) is 91.8 cm³/mol. The number of non-ortho nitro benzene ring substituents is 1. The van der Waals surface area contributed by atoms with Gasteiger partial charge in [-0.05, 0) is 36.2 Å². The third-order valence-corrected chi connectivity index (χ3v) is 9.13. The molecule has 0 saturated heterocycles. The molecule has 1 heterocycles. The predicted octanol–water partition coefficient (Wildman–Crippen LogP) is 4.64. The smallest absolute Gasteiger partial charge is 0.271 e. The van der Waals surface area contributed by atoms with Gasteiger partial charge in [-0.15, -0.1) is 0 Å². The Morgan fingerprint density at radius 2 is 2.00 bits per heavy atom. The SMILES string of the molecule is CC(C)(C)[Si](C)(C)OCCc1cc([N+](=O)[O-])cc2[nH]ccc12. The first-order valence-corrected chi connectivity index (χ1v) is 10.4. The minimum Gasteiger partial charge on any atom is -0.416 e. The fraction of sp³-hybridized carbons (Fsp3) is 0.500. The largest absolute Gasteiger partial charge is 0.416 e. The summed E-state index contributed by atoms with van der Waals surface area (Å²) in [5.74, 6) is 0. The van der Waals surface area contributed by atoms with E-state index >= 15 is 0 Å². The lowest BCUT2D eigenvalue weighted by atomic mass is 10.1. The number of H-pyrrole nitrogens is 1. The minimum atomic E-state index is -1.79. The van der Waals surface area contributed by atoms with E-state index in [4.69, 9.17) is 4.43 Å². The van der Waals surface area contributed by atoms with Crippen molar-refractivity contribution in [1.29, 1.82) is 0 Å². The molecule has 22 heavy (non-hydrogen) atoms. The molecular formula is C16H24N2O3Si. The van der Waals surface area contributed by atoms with Crippen molar-refractivity contribution in [3.63, 3.8) is 0 Å². The maximum atomic E-state index is 11.1. The Hall–Kier alpha value is -1.66. The molecule has 1 aromatic heterocycles. The van der Waals surface area contributed by atoms with Crippen LogP contribution in [0.2, 0.25) is 18.1 Å². The number of hydrogen-bond donors (Lipinski definition) is 1. The van der Waals surface area contributed by atoms with Crippen LogP contribution >= 0.6 is 0 Å². The molecule has 0 spiro atoms. The van der Waals surface area contributed by atoms with Crippen LogP contribution in [0.25, 0.3) is 10.9 Å². The number of benzene rings is 1. The number of nitro benzene ring substituents is 1. The van der Waals surface area contributed by atoms with Gasteiger partial charge in [0.2, 0.25) is 0 Å². The van der Waals surface area contributed by atoms with Gasteiger partial charge in [-0.25, -0.2) is 0 Å². The van der Waals surface area contributed by atoms with E-state index in [0.29, 0.717) is 13.0 Å². The van der Waals surface area contributed by atoms with Crippen LogP contribution < -0.4 is 0 Å². The van der Waals surface area contributed by atoms with Crippen LogP contribution in [-0.4, -0.2) is 24.8 Å². The Balaban J connectivity index is 2.18. The number of nitrogens with one attached hydrogen (secondary N) is 1. The van der Waals surface area contributed by atoms with Crippen LogP contribution in [0.15, 0.2) is 24.4 Å². The van der Waals surface area contributed by atoms with Gasteiger partial charge in [0.05, 0.1) is 10.4 Å². The van der Waals surface area contributed by atoms with Gasteiger partial charge in [0.25, 0.3) is 5.69 Å². The van der Waals surface area contributed by atoms with Crippen molar-refractivity contribution >= 4 is 24.9 Å². The average molecular weight is 320 g/mol. The second-order valence-corrected chi connectivity index (χ2v) is 12.0. The van der Waals surface area contributed by atoms with E-state index in [1.54, 1.807) is 12.1 Å². The summed E-state index contributed by atoms with van der Waals surface area (Å²) in [7, 11) is -1.79. The molecule has 2 aromatic rings. The van der Waals surface area contributed by atoms with Crippen molar-refractivity contribution in [2.45, 2.75) is 45.3 Å². The van der Waals surface area contributed by atoms with Crippen molar-refractivity contribution in [2.24, 2.45) is 0 Å². The first kappa shape index (κ1) is 16.7. The van der Waals surface area contributed by atoms with Crippen LogP contribution in [0, 0.1) is 10.1 Å². The van der Waals surface area contributed by atoms with Crippen LogP contribution in [0.3, 0.4) is 0 Å². The molecule has 1 aromatic carbocycles. The van der Waals surface area contributed by atoms with Gasteiger partial charge in [-0.3, -0.25) is 10.1 Å². The molecule has 0 atom stereocenters. The van der Waals surface area contributed by atoms with E-state index in [2.05, 4.69) is 38.8 Å². The summed E-state index contributed by atoms with van der Waals surface area (Å²) in [4.78, 5) is 13.8. The van der Waals surface area contributed by atoms with Gasteiger partial charge in [-0.1, -0.05) is 20.8 Å². The van der Waals surface area contributed by atoms with Gasteiger partial charge in [0.1, 0.15) is 0 Å². The highest BCUT2D eigenvalue weighted by atomic mass is 28.4. The van der Waals surface area contributed by atoms with Crippen molar-refractivity contribution in [2.75, 3.05) is 6.61 Å². The number of aromatic amines is 1. The molecule has 5 nitrogen and oxygen atoms in total.